The first-order valence-electron chi connectivity index (χ1n) is 3.80. The molecule has 0 saturated heterocycles. The number of phenols is 1. The van der Waals surface area contributed by atoms with Gasteiger partial charge in [0.2, 0.25) is 0 Å². The van der Waals surface area contributed by atoms with Gasteiger partial charge in [-0.05, 0) is 6.07 Å². The molecule has 13 heavy (non-hydrogen) atoms. The number of rotatable bonds is 2. The SMILES string of the molecule is N#CC[C@@H](N)c1cccc(S)c1O. The van der Waals surface area contributed by atoms with Crippen LogP contribution in [0.15, 0.2) is 23.1 Å². The van der Waals surface area contributed by atoms with Crippen molar-refractivity contribution in [2.45, 2.75) is 17.4 Å². The highest BCUT2D eigenvalue weighted by Crippen LogP contribution is 2.30. The van der Waals surface area contributed by atoms with Crippen LogP contribution >= 0.6 is 12.6 Å². The lowest BCUT2D eigenvalue weighted by Crippen LogP contribution is -2.09. The van der Waals surface area contributed by atoms with E-state index in [1.165, 1.54) is 0 Å². The molecule has 68 valence electrons. The second kappa shape index (κ2) is 4.17. The summed E-state index contributed by atoms with van der Waals surface area (Å²) in [4.78, 5) is 0.478. The smallest absolute Gasteiger partial charge is 0.133 e. The molecule has 1 rings (SSSR count). The Kier molecular flexibility index (Phi) is 3.18. The summed E-state index contributed by atoms with van der Waals surface area (Å²) in [5, 5.41) is 18.0. The van der Waals surface area contributed by atoms with Crippen molar-refractivity contribution >= 4 is 12.6 Å². The second-order valence-corrected chi connectivity index (χ2v) is 3.17. The number of benzene rings is 1. The first-order chi connectivity index (χ1) is 6.16. The Labute approximate surface area is 82.2 Å². The standard InChI is InChI=1S/C9H10N2OS/c10-5-4-7(11)6-2-1-3-8(13)9(6)12/h1-3,7,12-13H,4,11H2/t7-/m1/s1. The Balaban J connectivity index is 3.02. The zero-order valence-corrected chi connectivity index (χ0v) is 7.83. The molecule has 0 spiro atoms. The summed E-state index contributed by atoms with van der Waals surface area (Å²) >= 11 is 4.04. The predicted molar refractivity (Wildman–Crippen MR) is 52.5 cm³/mol. The van der Waals surface area contributed by atoms with Crippen molar-refractivity contribution in [2.24, 2.45) is 5.73 Å². The number of hydrogen-bond acceptors (Lipinski definition) is 4. The van der Waals surface area contributed by atoms with Crippen molar-refractivity contribution in [3.05, 3.63) is 23.8 Å². The lowest BCUT2D eigenvalue weighted by molar-refractivity contribution is 0.449. The van der Waals surface area contributed by atoms with Crippen LogP contribution in [-0.2, 0) is 0 Å². The Hall–Kier alpha value is -1.18. The van der Waals surface area contributed by atoms with Crippen LogP contribution in [0.25, 0.3) is 0 Å². The van der Waals surface area contributed by atoms with Gasteiger partial charge in [0.1, 0.15) is 5.75 Å². The van der Waals surface area contributed by atoms with Gasteiger partial charge in [-0.3, -0.25) is 0 Å². The number of aromatic hydroxyl groups is 1. The summed E-state index contributed by atoms with van der Waals surface area (Å²) in [5.74, 6) is 0.0635. The Morgan fingerprint density at radius 3 is 2.92 bits per heavy atom. The van der Waals surface area contributed by atoms with Gasteiger partial charge in [-0.25, -0.2) is 0 Å². The van der Waals surface area contributed by atoms with Crippen LogP contribution in [0.4, 0.5) is 0 Å². The highest BCUT2D eigenvalue weighted by atomic mass is 32.1. The first kappa shape index (κ1) is 9.90. The molecule has 0 aliphatic carbocycles. The molecular formula is C9H10N2OS. The molecule has 1 atom stereocenters. The Bertz CT molecular complexity index is 346. The second-order valence-electron chi connectivity index (χ2n) is 2.68. The van der Waals surface area contributed by atoms with Crippen LogP contribution in [0.2, 0.25) is 0 Å². The van der Waals surface area contributed by atoms with E-state index >= 15 is 0 Å². The molecule has 0 heterocycles. The number of nitrogens with zero attached hydrogens (tertiary/aromatic N) is 1. The minimum Gasteiger partial charge on any atom is -0.506 e. The van der Waals surface area contributed by atoms with Gasteiger partial charge in [-0.1, -0.05) is 12.1 Å². The number of thiol groups is 1. The van der Waals surface area contributed by atoms with E-state index in [9.17, 15) is 5.11 Å². The van der Waals surface area contributed by atoms with Gasteiger partial charge in [0.05, 0.1) is 12.5 Å². The molecule has 0 radical (unpaired) electrons. The number of para-hydroxylation sites is 1. The van der Waals surface area contributed by atoms with Crippen molar-refractivity contribution in [2.75, 3.05) is 0 Å². The molecule has 0 aliphatic heterocycles. The molecule has 1 aromatic carbocycles. The molecule has 4 heteroatoms. The third-order valence-corrected chi connectivity index (χ3v) is 2.12. The highest BCUT2D eigenvalue weighted by molar-refractivity contribution is 7.80. The number of nitriles is 1. The fraction of sp³-hybridized carbons (Fsp3) is 0.222. The van der Waals surface area contributed by atoms with Gasteiger partial charge in [0, 0.05) is 16.5 Å². The molecule has 0 amide bonds. The molecule has 1 aromatic rings. The highest BCUT2D eigenvalue weighted by Gasteiger charge is 2.11. The van der Waals surface area contributed by atoms with Crippen LogP contribution in [0.1, 0.15) is 18.0 Å². The quantitative estimate of drug-likeness (QED) is 0.626. The van der Waals surface area contributed by atoms with E-state index in [4.69, 9.17) is 11.0 Å². The first-order valence-corrected chi connectivity index (χ1v) is 4.25. The molecule has 0 aromatic heterocycles. The van der Waals surface area contributed by atoms with E-state index in [0.717, 1.165) is 0 Å². The van der Waals surface area contributed by atoms with Crippen LogP contribution in [0.5, 0.6) is 5.75 Å². The predicted octanol–water partition coefficient (Wildman–Crippen LogP) is 1.59. The third kappa shape index (κ3) is 2.14. The molecule has 0 saturated carbocycles. The average Bonchev–Trinajstić information content (AvgIpc) is 2.10. The number of hydrogen-bond donors (Lipinski definition) is 3. The van der Waals surface area contributed by atoms with Gasteiger partial charge in [0.25, 0.3) is 0 Å². The van der Waals surface area contributed by atoms with Crippen molar-refractivity contribution in [3.63, 3.8) is 0 Å². The van der Waals surface area contributed by atoms with Crippen molar-refractivity contribution in [1.82, 2.24) is 0 Å². The zero-order valence-electron chi connectivity index (χ0n) is 6.94. The zero-order chi connectivity index (χ0) is 9.84. The molecular weight excluding hydrogens is 184 g/mol. The summed E-state index contributed by atoms with van der Waals surface area (Å²) in [6, 6.07) is 6.61. The maximum atomic E-state index is 9.53. The van der Waals surface area contributed by atoms with Gasteiger partial charge in [0.15, 0.2) is 0 Å². The van der Waals surface area contributed by atoms with Crippen molar-refractivity contribution in [1.29, 1.82) is 5.26 Å². The van der Waals surface area contributed by atoms with Crippen molar-refractivity contribution in [3.8, 4) is 11.8 Å². The lowest BCUT2D eigenvalue weighted by atomic mass is 10.0. The van der Waals surface area contributed by atoms with E-state index < -0.39 is 6.04 Å². The van der Waals surface area contributed by atoms with Crippen LogP contribution in [0.3, 0.4) is 0 Å². The molecule has 0 bridgehead atoms. The fourth-order valence-electron chi connectivity index (χ4n) is 1.06. The normalized spacial score (nSPS) is 12.1. The summed E-state index contributed by atoms with van der Waals surface area (Å²) in [5.41, 5.74) is 6.22. The van der Waals surface area contributed by atoms with Crippen LogP contribution in [0, 0.1) is 11.3 Å². The summed E-state index contributed by atoms with van der Waals surface area (Å²) in [6.45, 7) is 0. The van der Waals surface area contributed by atoms with E-state index in [0.29, 0.717) is 10.5 Å². The minimum atomic E-state index is -0.447. The topological polar surface area (TPSA) is 70.0 Å². The Morgan fingerprint density at radius 1 is 1.62 bits per heavy atom. The van der Waals surface area contributed by atoms with E-state index in [1.54, 1.807) is 18.2 Å². The van der Waals surface area contributed by atoms with Crippen molar-refractivity contribution < 1.29 is 5.11 Å². The molecule has 0 fully saturated rings. The average molecular weight is 194 g/mol. The van der Waals surface area contributed by atoms with Crippen LogP contribution < -0.4 is 5.73 Å². The van der Waals surface area contributed by atoms with Gasteiger partial charge < -0.3 is 10.8 Å². The maximum absolute atomic E-state index is 9.53. The summed E-state index contributed by atoms with van der Waals surface area (Å²) < 4.78 is 0. The molecule has 3 nitrogen and oxygen atoms in total. The van der Waals surface area contributed by atoms with Gasteiger partial charge >= 0.3 is 0 Å². The fourth-order valence-corrected chi connectivity index (χ4v) is 1.27. The van der Waals surface area contributed by atoms with Crippen LogP contribution in [-0.4, -0.2) is 5.11 Å². The summed E-state index contributed by atoms with van der Waals surface area (Å²) in [6.07, 6.45) is 0.185. The lowest BCUT2D eigenvalue weighted by Gasteiger charge is -2.10. The van der Waals surface area contributed by atoms with E-state index in [2.05, 4.69) is 12.6 Å². The largest absolute Gasteiger partial charge is 0.506 e. The Morgan fingerprint density at radius 2 is 2.31 bits per heavy atom. The monoisotopic (exact) mass is 194 g/mol. The maximum Gasteiger partial charge on any atom is 0.133 e. The van der Waals surface area contributed by atoms with E-state index in [1.807, 2.05) is 6.07 Å². The minimum absolute atomic E-state index is 0.0635. The third-order valence-electron chi connectivity index (χ3n) is 1.76. The number of phenolic OH excluding ortho intramolecular Hbond substituents is 1. The van der Waals surface area contributed by atoms with Gasteiger partial charge in [-0.2, -0.15) is 5.26 Å². The molecule has 0 aliphatic rings. The molecule has 3 N–H and O–H groups in total. The van der Waals surface area contributed by atoms with E-state index in [-0.39, 0.29) is 12.2 Å². The molecule has 0 unspecified atom stereocenters. The summed E-state index contributed by atoms with van der Waals surface area (Å²) in [7, 11) is 0. The van der Waals surface area contributed by atoms with Gasteiger partial charge in [-0.15, -0.1) is 12.6 Å². The number of nitrogens with two attached hydrogens (primary N) is 1.